The number of carbonyl (C=O) groups is 1. The molecule has 3 rings (SSSR count). The van der Waals surface area contributed by atoms with Gasteiger partial charge in [0, 0.05) is 18.7 Å². The molecule has 2 aliphatic rings. The second-order valence-electron chi connectivity index (χ2n) is 8.31. The summed E-state index contributed by atoms with van der Waals surface area (Å²) in [4.78, 5) is 12.9. The summed E-state index contributed by atoms with van der Waals surface area (Å²) >= 11 is 0. The highest BCUT2D eigenvalue weighted by atomic mass is 32.2. The van der Waals surface area contributed by atoms with Gasteiger partial charge < -0.3 is 14.8 Å². The lowest BCUT2D eigenvalue weighted by Gasteiger charge is -2.26. The molecule has 29 heavy (non-hydrogen) atoms. The van der Waals surface area contributed by atoms with Crippen LogP contribution in [0.2, 0.25) is 0 Å². The number of nitrogens with one attached hydrogen (secondary N) is 1. The fourth-order valence-corrected chi connectivity index (χ4v) is 5.53. The number of rotatable bonds is 8. The normalized spacial score (nSPS) is 20.6. The zero-order valence-corrected chi connectivity index (χ0v) is 18.3. The van der Waals surface area contributed by atoms with Crippen LogP contribution in [0.4, 0.5) is 0 Å². The lowest BCUT2D eigenvalue weighted by Crippen LogP contribution is -2.48. The van der Waals surface area contributed by atoms with E-state index in [2.05, 4.69) is 19.2 Å². The van der Waals surface area contributed by atoms with Gasteiger partial charge in [0.1, 0.15) is 19.3 Å². The molecule has 0 unspecified atom stereocenters. The van der Waals surface area contributed by atoms with Crippen molar-refractivity contribution in [3.8, 4) is 11.5 Å². The molecule has 0 saturated carbocycles. The van der Waals surface area contributed by atoms with Crippen molar-refractivity contribution in [2.45, 2.75) is 69.9 Å². The second-order valence-corrected chi connectivity index (χ2v) is 10.2. The van der Waals surface area contributed by atoms with E-state index in [1.54, 1.807) is 6.07 Å². The first-order valence-corrected chi connectivity index (χ1v) is 11.9. The molecule has 1 aromatic carbocycles. The topological polar surface area (TPSA) is 84.9 Å². The highest BCUT2D eigenvalue weighted by Crippen LogP contribution is 2.34. The van der Waals surface area contributed by atoms with Gasteiger partial charge in [0.2, 0.25) is 15.9 Å². The van der Waals surface area contributed by atoms with Crippen LogP contribution in [0.15, 0.2) is 23.1 Å². The summed E-state index contributed by atoms with van der Waals surface area (Å²) in [5, 5.41) is 3.01. The second kappa shape index (κ2) is 9.34. The summed E-state index contributed by atoms with van der Waals surface area (Å²) in [7, 11) is -3.79. The first-order chi connectivity index (χ1) is 13.8. The minimum Gasteiger partial charge on any atom is -0.486 e. The summed E-state index contributed by atoms with van der Waals surface area (Å²) in [6.45, 7) is 7.52. The van der Waals surface area contributed by atoms with Crippen molar-refractivity contribution < 1.29 is 22.7 Å². The molecule has 2 atom stereocenters. The molecule has 2 aliphatic heterocycles. The molecule has 0 radical (unpaired) electrons. The Balaban J connectivity index is 1.68. The third-order valence-electron chi connectivity index (χ3n) is 5.43. The van der Waals surface area contributed by atoms with Crippen molar-refractivity contribution >= 4 is 15.9 Å². The van der Waals surface area contributed by atoms with Gasteiger partial charge in [0.15, 0.2) is 11.5 Å². The first-order valence-electron chi connectivity index (χ1n) is 10.5. The van der Waals surface area contributed by atoms with Crippen LogP contribution in [-0.2, 0) is 14.8 Å². The predicted octanol–water partition coefficient (Wildman–Crippen LogP) is 2.94. The average Bonchev–Trinajstić information content (AvgIpc) is 3.18. The number of ether oxygens (including phenoxy) is 2. The van der Waals surface area contributed by atoms with E-state index in [1.165, 1.54) is 16.4 Å². The summed E-state index contributed by atoms with van der Waals surface area (Å²) in [6, 6.07) is 3.99. The Morgan fingerprint density at radius 2 is 1.90 bits per heavy atom. The van der Waals surface area contributed by atoms with Gasteiger partial charge in [-0.2, -0.15) is 4.31 Å². The monoisotopic (exact) mass is 424 g/mol. The molecule has 1 fully saturated rings. The standard InChI is InChI=1S/C21H32N2O5S/c1-15(2)6-4-7-16(3)22-21(24)18-8-5-11-23(18)29(25,26)17-9-10-19-20(14-17)28-13-12-27-19/h9-10,14-16,18H,4-8,11-13H2,1-3H3,(H,22,24)/t16-,18-/m0/s1. The predicted molar refractivity (Wildman–Crippen MR) is 111 cm³/mol. The number of fused-ring (bicyclic) bond motifs is 1. The Labute approximate surface area is 173 Å². The maximum atomic E-state index is 13.2. The van der Waals surface area contributed by atoms with Crippen LogP contribution in [0.25, 0.3) is 0 Å². The van der Waals surface area contributed by atoms with Gasteiger partial charge in [-0.05, 0) is 44.2 Å². The molecule has 1 aromatic rings. The molecule has 1 saturated heterocycles. The van der Waals surface area contributed by atoms with Crippen molar-refractivity contribution in [1.82, 2.24) is 9.62 Å². The molecule has 162 valence electrons. The maximum Gasteiger partial charge on any atom is 0.243 e. The zero-order valence-electron chi connectivity index (χ0n) is 17.5. The van der Waals surface area contributed by atoms with Crippen LogP contribution in [0.5, 0.6) is 11.5 Å². The number of sulfonamides is 1. The minimum atomic E-state index is -3.79. The van der Waals surface area contributed by atoms with Crippen LogP contribution in [0.3, 0.4) is 0 Å². The summed E-state index contributed by atoms with van der Waals surface area (Å²) in [5.74, 6) is 1.40. The highest BCUT2D eigenvalue weighted by molar-refractivity contribution is 7.89. The van der Waals surface area contributed by atoms with Crippen LogP contribution >= 0.6 is 0 Å². The molecule has 0 aromatic heterocycles. The molecule has 0 aliphatic carbocycles. The smallest absolute Gasteiger partial charge is 0.243 e. The van der Waals surface area contributed by atoms with E-state index in [1.807, 2.05) is 6.92 Å². The Bertz CT molecular complexity index is 824. The number of carbonyl (C=O) groups excluding carboxylic acids is 1. The molecule has 2 heterocycles. The van der Waals surface area contributed by atoms with Crippen LogP contribution in [-0.4, -0.2) is 50.5 Å². The van der Waals surface area contributed by atoms with E-state index in [9.17, 15) is 13.2 Å². The van der Waals surface area contributed by atoms with Crippen molar-refractivity contribution in [2.75, 3.05) is 19.8 Å². The number of benzene rings is 1. The Kier molecular flexibility index (Phi) is 7.05. The zero-order chi connectivity index (χ0) is 21.0. The molecule has 1 amide bonds. The summed E-state index contributed by atoms with van der Waals surface area (Å²) in [6.07, 6.45) is 4.26. The van der Waals surface area contributed by atoms with Crippen molar-refractivity contribution in [3.05, 3.63) is 18.2 Å². The molecule has 7 nitrogen and oxygen atoms in total. The number of nitrogens with zero attached hydrogens (tertiary/aromatic N) is 1. The van der Waals surface area contributed by atoms with Gasteiger partial charge in [-0.15, -0.1) is 0 Å². The van der Waals surface area contributed by atoms with Gasteiger partial charge in [0.25, 0.3) is 0 Å². The summed E-state index contributed by atoms with van der Waals surface area (Å²) < 4.78 is 38.7. The van der Waals surface area contributed by atoms with E-state index < -0.39 is 16.1 Å². The Morgan fingerprint density at radius 3 is 2.62 bits per heavy atom. The van der Waals surface area contributed by atoms with Gasteiger partial charge in [-0.25, -0.2) is 8.42 Å². The molecular weight excluding hydrogens is 392 g/mol. The third-order valence-corrected chi connectivity index (χ3v) is 7.34. The number of hydrogen-bond acceptors (Lipinski definition) is 5. The quantitative estimate of drug-likeness (QED) is 0.694. The lowest BCUT2D eigenvalue weighted by atomic mass is 10.0. The first kappa shape index (κ1) is 21.9. The van der Waals surface area contributed by atoms with Crippen LogP contribution in [0.1, 0.15) is 52.9 Å². The van der Waals surface area contributed by atoms with Gasteiger partial charge >= 0.3 is 0 Å². The van der Waals surface area contributed by atoms with Crippen LogP contribution in [0, 0.1) is 5.92 Å². The van der Waals surface area contributed by atoms with E-state index in [4.69, 9.17) is 9.47 Å². The van der Waals surface area contributed by atoms with Crippen LogP contribution < -0.4 is 14.8 Å². The van der Waals surface area contributed by atoms with E-state index in [0.29, 0.717) is 50.0 Å². The molecule has 0 spiro atoms. The lowest BCUT2D eigenvalue weighted by molar-refractivity contribution is -0.124. The van der Waals surface area contributed by atoms with Crippen molar-refractivity contribution in [1.29, 1.82) is 0 Å². The maximum absolute atomic E-state index is 13.2. The Morgan fingerprint density at radius 1 is 1.17 bits per heavy atom. The molecule has 0 bridgehead atoms. The van der Waals surface area contributed by atoms with E-state index in [-0.39, 0.29) is 16.8 Å². The number of hydrogen-bond donors (Lipinski definition) is 1. The fourth-order valence-electron chi connectivity index (χ4n) is 3.85. The van der Waals surface area contributed by atoms with E-state index >= 15 is 0 Å². The molecule has 8 heteroatoms. The van der Waals surface area contributed by atoms with Crippen molar-refractivity contribution in [2.24, 2.45) is 5.92 Å². The highest BCUT2D eigenvalue weighted by Gasteiger charge is 2.40. The van der Waals surface area contributed by atoms with E-state index in [0.717, 1.165) is 19.3 Å². The average molecular weight is 425 g/mol. The largest absolute Gasteiger partial charge is 0.486 e. The van der Waals surface area contributed by atoms with Gasteiger partial charge in [0.05, 0.1) is 4.90 Å². The summed E-state index contributed by atoms with van der Waals surface area (Å²) in [5.41, 5.74) is 0. The molecule has 1 N–H and O–H groups in total. The third kappa shape index (κ3) is 5.22. The SMILES string of the molecule is CC(C)CCC[C@H](C)NC(=O)[C@@H]1CCCN1S(=O)(=O)c1ccc2c(c1)OCCO2. The molecular formula is C21H32N2O5S. The number of amides is 1. The van der Waals surface area contributed by atoms with Gasteiger partial charge in [-0.3, -0.25) is 4.79 Å². The fraction of sp³-hybridized carbons (Fsp3) is 0.667. The minimum absolute atomic E-state index is 0.0284. The van der Waals surface area contributed by atoms with Crippen molar-refractivity contribution in [3.63, 3.8) is 0 Å². The Hall–Kier alpha value is -1.80. The van der Waals surface area contributed by atoms with Gasteiger partial charge in [-0.1, -0.05) is 26.7 Å².